The summed E-state index contributed by atoms with van der Waals surface area (Å²) in [4.78, 5) is 37.5. The van der Waals surface area contributed by atoms with Crippen LogP contribution in [0, 0.1) is 11.7 Å². The van der Waals surface area contributed by atoms with Crippen molar-refractivity contribution in [3.05, 3.63) is 29.6 Å². The summed E-state index contributed by atoms with van der Waals surface area (Å²) in [6.45, 7) is 3.77. The van der Waals surface area contributed by atoms with Crippen LogP contribution in [0.25, 0.3) is 0 Å². The molecule has 1 saturated heterocycles. The molecule has 1 aliphatic heterocycles. The third kappa shape index (κ3) is 5.20. The van der Waals surface area contributed by atoms with E-state index in [1.54, 1.807) is 6.92 Å². The SMILES string of the molecule is CC[C@@H](C)NC(=O)C(=O)N1CC[C@H](C(=O)Nc2ccc(F)c(C(F)(F)F)c2)C1. The van der Waals surface area contributed by atoms with E-state index in [0.29, 0.717) is 18.6 Å². The molecule has 0 unspecified atom stereocenters. The first kappa shape index (κ1) is 21.6. The largest absolute Gasteiger partial charge is 0.419 e. The fourth-order valence-electron chi connectivity index (χ4n) is 2.75. The molecule has 0 bridgehead atoms. The lowest BCUT2D eigenvalue weighted by Crippen LogP contribution is -2.45. The molecule has 10 heteroatoms. The molecule has 0 radical (unpaired) electrons. The molecule has 0 spiro atoms. The number of nitrogens with one attached hydrogen (secondary N) is 2. The number of nitrogens with zero attached hydrogens (tertiary/aromatic N) is 1. The standard InChI is InChI=1S/C18H21F4N3O3/c1-3-10(2)23-16(27)17(28)25-7-6-11(9-25)15(26)24-12-4-5-14(19)13(8-12)18(20,21)22/h4-5,8,10-11H,3,6-7,9H2,1-2H3,(H,23,27)(H,24,26)/t10-,11+/m1/s1. The summed E-state index contributed by atoms with van der Waals surface area (Å²) in [5.41, 5.74) is -1.67. The lowest BCUT2D eigenvalue weighted by atomic mass is 10.1. The Morgan fingerprint density at radius 1 is 1.29 bits per heavy atom. The monoisotopic (exact) mass is 403 g/mol. The first-order valence-electron chi connectivity index (χ1n) is 8.80. The van der Waals surface area contributed by atoms with E-state index in [4.69, 9.17) is 0 Å². The molecule has 1 aromatic rings. The van der Waals surface area contributed by atoms with Crippen LogP contribution in [-0.2, 0) is 20.6 Å². The molecule has 0 aromatic heterocycles. The van der Waals surface area contributed by atoms with Crippen LogP contribution in [0.4, 0.5) is 23.2 Å². The van der Waals surface area contributed by atoms with Crippen molar-refractivity contribution in [1.29, 1.82) is 0 Å². The van der Waals surface area contributed by atoms with Gasteiger partial charge in [0.2, 0.25) is 5.91 Å². The highest BCUT2D eigenvalue weighted by Crippen LogP contribution is 2.33. The molecule has 0 aliphatic carbocycles. The molecule has 1 heterocycles. The molecule has 28 heavy (non-hydrogen) atoms. The Kier molecular flexibility index (Phi) is 6.63. The minimum atomic E-state index is -4.88. The van der Waals surface area contributed by atoms with Gasteiger partial charge in [-0.15, -0.1) is 0 Å². The van der Waals surface area contributed by atoms with Gasteiger partial charge in [0.15, 0.2) is 0 Å². The highest BCUT2D eigenvalue weighted by molar-refractivity contribution is 6.35. The number of anilines is 1. The van der Waals surface area contributed by atoms with E-state index in [2.05, 4.69) is 10.6 Å². The minimum Gasteiger partial charge on any atom is -0.345 e. The lowest BCUT2D eigenvalue weighted by molar-refractivity contribution is -0.145. The van der Waals surface area contributed by atoms with Gasteiger partial charge < -0.3 is 15.5 Å². The maximum Gasteiger partial charge on any atom is 0.419 e. The molecule has 6 nitrogen and oxygen atoms in total. The number of benzene rings is 1. The van der Waals surface area contributed by atoms with Crippen molar-refractivity contribution in [3.63, 3.8) is 0 Å². The third-order valence-electron chi connectivity index (χ3n) is 4.57. The molecule has 1 aliphatic rings. The number of likely N-dealkylation sites (tertiary alicyclic amines) is 1. The summed E-state index contributed by atoms with van der Waals surface area (Å²) in [7, 11) is 0. The smallest absolute Gasteiger partial charge is 0.345 e. The zero-order valence-corrected chi connectivity index (χ0v) is 15.4. The van der Waals surface area contributed by atoms with Crippen molar-refractivity contribution in [1.82, 2.24) is 10.2 Å². The Morgan fingerprint density at radius 2 is 1.96 bits per heavy atom. The van der Waals surface area contributed by atoms with Gasteiger partial charge in [0.05, 0.1) is 11.5 Å². The van der Waals surface area contributed by atoms with Crippen LogP contribution in [0.5, 0.6) is 0 Å². The summed E-state index contributed by atoms with van der Waals surface area (Å²) in [5.74, 6) is -4.23. The van der Waals surface area contributed by atoms with Gasteiger partial charge in [0, 0.05) is 24.8 Å². The van der Waals surface area contributed by atoms with Gasteiger partial charge >= 0.3 is 18.0 Å². The molecule has 2 N–H and O–H groups in total. The zero-order chi connectivity index (χ0) is 21.1. The van der Waals surface area contributed by atoms with Crippen LogP contribution in [0.3, 0.4) is 0 Å². The van der Waals surface area contributed by atoms with Gasteiger partial charge in [-0.05, 0) is 38.0 Å². The number of carbonyl (C=O) groups is 3. The first-order valence-corrected chi connectivity index (χ1v) is 8.80. The van der Waals surface area contributed by atoms with Crippen molar-refractivity contribution in [2.24, 2.45) is 5.92 Å². The van der Waals surface area contributed by atoms with Crippen molar-refractivity contribution < 1.29 is 31.9 Å². The Balaban J connectivity index is 1.98. The van der Waals surface area contributed by atoms with Crippen molar-refractivity contribution in [3.8, 4) is 0 Å². The zero-order valence-electron chi connectivity index (χ0n) is 15.4. The van der Waals surface area contributed by atoms with E-state index in [-0.39, 0.29) is 31.2 Å². The molecule has 1 fully saturated rings. The van der Waals surface area contributed by atoms with Gasteiger partial charge in [0.25, 0.3) is 0 Å². The Hall–Kier alpha value is -2.65. The molecule has 0 saturated carbocycles. The normalized spacial score (nSPS) is 17.9. The predicted molar refractivity (Wildman–Crippen MR) is 92.6 cm³/mol. The van der Waals surface area contributed by atoms with Crippen LogP contribution in [0.15, 0.2) is 18.2 Å². The molecule has 2 rings (SSSR count). The van der Waals surface area contributed by atoms with Gasteiger partial charge in [-0.1, -0.05) is 6.92 Å². The van der Waals surface area contributed by atoms with Crippen molar-refractivity contribution >= 4 is 23.4 Å². The van der Waals surface area contributed by atoms with Gasteiger partial charge in [-0.2, -0.15) is 13.2 Å². The van der Waals surface area contributed by atoms with Gasteiger partial charge in [-0.25, -0.2) is 4.39 Å². The maximum absolute atomic E-state index is 13.3. The number of rotatable bonds is 4. The quantitative estimate of drug-likeness (QED) is 0.599. The highest BCUT2D eigenvalue weighted by atomic mass is 19.4. The van der Waals surface area contributed by atoms with E-state index in [1.165, 1.54) is 4.90 Å². The van der Waals surface area contributed by atoms with Crippen molar-refractivity contribution in [2.75, 3.05) is 18.4 Å². The number of amides is 3. The number of halogens is 4. The van der Waals surface area contributed by atoms with E-state index in [1.807, 2.05) is 6.92 Å². The van der Waals surface area contributed by atoms with Crippen molar-refractivity contribution in [2.45, 2.75) is 38.9 Å². The van der Waals surface area contributed by atoms with Crippen LogP contribution >= 0.6 is 0 Å². The number of hydrogen-bond acceptors (Lipinski definition) is 3. The van der Waals surface area contributed by atoms with E-state index < -0.39 is 41.2 Å². The molecule has 2 atom stereocenters. The first-order chi connectivity index (χ1) is 13.0. The molecular formula is C18H21F4N3O3. The van der Waals surface area contributed by atoms with Crippen LogP contribution in [0.1, 0.15) is 32.3 Å². The van der Waals surface area contributed by atoms with E-state index >= 15 is 0 Å². The number of carbonyl (C=O) groups excluding carboxylic acids is 3. The summed E-state index contributed by atoms with van der Waals surface area (Å²) >= 11 is 0. The molecule has 154 valence electrons. The van der Waals surface area contributed by atoms with E-state index in [9.17, 15) is 31.9 Å². The number of hydrogen-bond donors (Lipinski definition) is 2. The molecule has 1 aromatic carbocycles. The predicted octanol–water partition coefficient (Wildman–Crippen LogP) is 2.55. The van der Waals surface area contributed by atoms with Crippen LogP contribution < -0.4 is 10.6 Å². The second kappa shape index (κ2) is 8.57. The maximum atomic E-state index is 13.3. The summed E-state index contributed by atoms with van der Waals surface area (Å²) in [5, 5.41) is 4.85. The highest BCUT2D eigenvalue weighted by Gasteiger charge is 2.36. The second-order valence-electron chi connectivity index (χ2n) is 6.70. The second-order valence-corrected chi connectivity index (χ2v) is 6.70. The summed E-state index contributed by atoms with van der Waals surface area (Å²) in [6, 6.07) is 2.01. The molecule has 3 amide bonds. The Labute approximate surface area is 159 Å². The Bertz CT molecular complexity index is 767. The summed E-state index contributed by atoms with van der Waals surface area (Å²) in [6.07, 6.45) is -3.96. The fourth-order valence-corrected chi connectivity index (χ4v) is 2.75. The minimum absolute atomic E-state index is 0.0219. The third-order valence-corrected chi connectivity index (χ3v) is 4.57. The summed E-state index contributed by atoms with van der Waals surface area (Å²) < 4.78 is 51.6. The topological polar surface area (TPSA) is 78.5 Å². The number of alkyl halides is 3. The van der Waals surface area contributed by atoms with Gasteiger partial charge in [0.1, 0.15) is 5.82 Å². The van der Waals surface area contributed by atoms with Crippen LogP contribution in [0.2, 0.25) is 0 Å². The van der Waals surface area contributed by atoms with Crippen LogP contribution in [-0.4, -0.2) is 41.8 Å². The average Bonchev–Trinajstić information content (AvgIpc) is 3.11. The van der Waals surface area contributed by atoms with E-state index in [0.717, 1.165) is 6.07 Å². The average molecular weight is 403 g/mol. The molecular weight excluding hydrogens is 382 g/mol. The Morgan fingerprint density at radius 3 is 2.57 bits per heavy atom. The fraction of sp³-hybridized carbons (Fsp3) is 0.500. The van der Waals surface area contributed by atoms with Gasteiger partial charge in [-0.3, -0.25) is 14.4 Å². The lowest BCUT2D eigenvalue weighted by Gasteiger charge is -2.18.